The van der Waals surface area contributed by atoms with Crippen molar-refractivity contribution < 1.29 is 14.9 Å². The van der Waals surface area contributed by atoms with E-state index >= 15 is 0 Å². The minimum absolute atomic E-state index is 0.0562. The Morgan fingerprint density at radius 2 is 1.74 bits per heavy atom. The molecular formula is C21H24N2O4. The molecule has 1 aromatic carbocycles. The maximum Gasteiger partial charge on any atom is 0.255 e. The van der Waals surface area contributed by atoms with Crippen molar-refractivity contribution in [2.75, 3.05) is 7.11 Å². The van der Waals surface area contributed by atoms with Crippen molar-refractivity contribution in [1.82, 2.24) is 9.55 Å². The lowest BCUT2D eigenvalue weighted by Crippen LogP contribution is -2.16. The number of hydrogen-bond donors (Lipinski definition) is 3. The predicted molar refractivity (Wildman–Crippen MR) is 105 cm³/mol. The van der Waals surface area contributed by atoms with Crippen molar-refractivity contribution in [3.8, 4) is 28.6 Å². The summed E-state index contributed by atoms with van der Waals surface area (Å²) in [6, 6.07) is 10.2. The fourth-order valence-corrected chi connectivity index (χ4v) is 3.17. The number of rotatable bonds is 4. The van der Waals surface area contributed by atoms with Gasteiger partial charge in [0.1, 0.15) is 5.75 Å². The van der Waals surface area contributed by atoms with Crippen LogP contribution in [0.2, 0.25) is 0 Å². The Kier molecular flexibility index (Phi) is 4.74. The molecule has 142 valence electrons. The maximum atomic E-state index is 12.4. The Balaban J connectivity index is 2.28. The summed E-state index contributed by atoms with van der Waals surface area (Å²) in [6.45, 7) is 6.42. The third-order valence-electron chi connectivity index (χ3n) is 4.60. The van der Waals surface area contributed by atoms with Crippen molar-refractivity contribution >= 4 is 0 Å². The van der Waals surface area contributed by atoms with Gasteiger partial charge in [-0.1, -0.05) is 20.8 Å². The van der Waals surface area contributed by atoms with Crippen LogP contribution < -0.4 is 10.3 Å². The Morgan fingerprint density at radius 1 is 1.07 bits per heavy atom. The third kappa shape index (κ3) is 3.56. The van der Waals surface area contributed by atoms with Gasteiger partial charge in [0.15, 0.2) is 11.8 Å². The Bertz CT molecular complexity index is 1010. The molecular weight excluding hydrogens is 344 g/mol. The van der Waals surface area contributed by atoms with E-state index in [2.05, 4.69) is 25.8 Å². The van der Waals surface area contributed by atoms with E-state index in [4.69, 9.17) is 4.74 Å². The number of methoxy groups -OCH3 is 1. The van der Waals surface area contributed by atoms with Crippen molar-refractivity contribution in [2.24, 2.45) is 0 Å². The van der Waals surface area contributed by atoms with Gasteiger partial charge in [0.25, 0.3) is 5.56 Å². The van der Waals surface area contributed by atoms with Crippen LogP contribution in [0.1, 0.15) is 31.9 Å². The summed E-state index contributed by atoms with van der Waals surface area (Å²) in [7, 11) is 1.61. The van der Waals surface area contributed by atoms with Crippen molar-refractivity contribution in [1.29, 1.82) is 0 Å². The summed E-state index contributed by atoms with van der Waals surface area (Å²) < 4.78 is 6.96. The Morgan fingerprint density at radius 3 is 2.30 bits per heavy atom. The fourth-order valence-electron chi connectivity index (χ4n) is 3.17. The van der Waals surface area contributed by atoms with Crippen LogP contribution in [-0.4, -0.2) is 26.9 Å². The molecule has 6 heteroatoms. The van der Waals surface area contributed by atoms with Crippen LogP contribution >= 0.6 is 0 Å². The normalized spacial score (nSPS) is 11.6. The first-order chi connectivity index (χ1) is 12.7. The van der Waals surface area contributed by atoms with Crippen LogP contribution in [0.25, 0.3) is 11.1 Å². The average molecular weight is 368 g/mol. The standard InChI is InChI=1S/C21H24N2O4/c1-21(2,3)16-11-15(14-6-5-9-22-20(14)26)13(10-17(16)27-4)12-23-18(24)7-8-19(23)25/h5-11,24-25H,12H2,1-4H3,(H,22,26). The van der Waals surface area contributed by atoms with E-state index in [1.165, 1.54) is 16.7 Å². The van der Waals surface area contributed by atoms with Crippen LogP contribution in [0.5, 0.6) is 17.5 Å². The van der Waals surface area contributed by atoms with E-state index in [0.29, 0.717) is 11.3 Å². The number of H-pyrrole nitrogens is 1. The molecule has 0 saturated carbocycles. The molecule has 3 aromatic rings. The largest absolute Gasteiger partial charge is 0.496 e. The number of aromatic nitrogens is 2. The van der Waals surface area contributed by atoms with Gasteiger partial charge in [-0.2, -0.15) is 0 Å². The first-order valence-corrected chi connectivity index (χ1v) is 8.69. The number of ether oxygens (including phenoxy) is 1. The second kappa shape index (κ2) is 6.87. The fraction of sp³-hybridized carbons (Fsp3) is 0.286. The molecule has 0 aliphatic heterocycles. The van der Waals surface area contributed by atoms with E-state index in [9.17, 15) is 15.0 Å². The molecule has 0 saturated heterocycles. The monoisotopic (exact) mass is 368 g/mol. The summed E-state index contributed by atoms with van der Waals surface area (Å²) in [5.74, 6) is 0.582. The van der Waals surface area contributed by atoms with E-state index < -0.39 is 0 Å². The average Bonchev–Trinajstić information content (AvgIpc) is 2.93. The Hall–Kier alpha value is -3.15. The number of benzene rings is 1. The van der Waals surface area contributed by atoms with E-state index in [-0.39, 0.29) is 29.3 Å². The quantitative estimate of drug-likeness (QED) is 0.656. The van der Waals surface area contributed by atoms with E-state index in [1.54, 1.807) is 25.4 Å². The maximum absolute atomic E-state index is 12.4. The molecule has 0 aliphatic rings. The van der Waals surface area contributed by atoms with Gasteiger partial charge >= 0.3 is 0 Å². The van der Waals surface area contributed by atoms with Gasteiger partial charge in [-0.3, -0.25) is 9.36 Å². The minimum atomic E-state index is -0.204. The zero-order valence-corrected chi connectivity index (χ0v) is 15.9. The lowest BCUT2D eigenvalue weighted by Gasteiger charge is -2.25. The van der Waals surface area contributed by atoms with Crippen LogP contribution in [0, 0.1) is 0 Å². The molecule has 2 heterocycles. The molecule has 6 nitrogen and oxygen atoms in total. The highest BCUT2D eigenvalue weighted by molar-refractivity contribution is 5.70. The molecule has 27 heavy (non-hydrogen) atoms. The second-order valence-electron chi connectivity index (χ2n) is 7.51. The summed E-state index contributed by atoms with van der Waals surface area (Å²) in [5, 5.41) is 20.0. The summed E-state index contributed by atoms with van der Waals surface area (Å²) in [5.41, 5.74) is 2.57. The lowest BCUT2D eigenvalue weighted by atomic mass is 9.83. The van der Waals surface area contributed by atoms with Crippen molar-refractivity contribution in [3.63, 3.8) is 0 Å². The third-order valence-corrected chi connectivity index (χ3v) is 4.60. The topological polar surface area (TPSA) is 87.5 Å². The Labute approximate surface area is 157 Å². The second-order valence-corrected chi connectivity index (χ2v) is 7.51. The van der Waals surface area contributed by atoms with Crippen molar-refractivity contribution in [2.45, 2.75) is 32.7 Å². The van der Waals surface area contributed by atoms with Crippen LogP contribution in [0.4, 0.5) is 0 Å². The number of pyridine rings is 1. The lowest BCUT2D eigenvalue weighted by molar-refractivity contribution is 0.376. The molecule has 2 aromatic heterocycles. The van der Waals surface area contributed by atoms with Gasteiger partial charge in [-0.05, 0) is 40.8 Å². The van der Waals surface area contributed by atoms with Crippen LogP contribution in [-0.2, 0) is 12.0 Å². The van der Waals surface area contributed by atoms with E-state index in [1.807, 2.05) is 12.1 Å². The highest BCUT2D eigenvalue weighted by atomic mass is 16.5. The number of hydrogen-bond acceptors (Lipinski definition) is 4. The van der Waals surface area contributed by atoms with Crippen LogP contribution in [0.3, 0.4) is 0 Å². The summed E-state index contributed by atoms with van der Waals surface area (Å²) in [4.78, 5) is 15.1. The number of nitrogens with one attached hydrogen (secondary N) is 1. The molecule has 3 N–H and O–H groups in total. The SMILES string of the molecule is COc1cc(Cn2c(O)ccc2O)c(-c2ccc[nH]c2=O)cc1C(C)(C)C. The first kappa shape index (κ1) is 18.6. The number of aromatic amines is 1. The van der Waals surface area contributed by atoms with Crippen molar-refractivity contribution in [3.05, 3.63) is 64.1 Å². The predicted octanol–water partition coefficient (Wildman–Crippen LogP) is 3.61. The molecule has 0 amide bonds. The molecule has 0 radical (unpaired) electrons. The molecule has 0 bridgehead atoms. The summed E-state index contributed by atoms with van der Waals surface area (Å²) in [6.07, 6.45) is 1.59. The molecule has 0 aliphatic carbocycles. The molecule has 3 rings (SSSR count). The van der Waals surface area contributed by atoms with Gasteiger partial charge in [0.2, 0.25) is 0 Å². The number of nitrogens with zero attached hydrogens (tertiary/aromatic N) is 1. The molecule has 0 spiro atoms. The zero-order valence-electron chi connectivity index (χ0n) is 15.9. The van der Waals surface area contributed by atoms with E-state index in [0.717, 1.165) is 16.7 Å². The number of aromatic hydroxyl groups is 2. The highest BCUT2D eigenvalue weighted by Crippen LogP contribution is 2.38. The first-order valence-electron chi connectivity index (χ1n) is 8.69. The highest BCUT2D eigenvalue weighted by Gasteiger charge is 2.23. The van der Waals surface area contributed by atoms with Gasteiger partial charge in [-0.25, -0.2) is 0 Å². The smallest absolute Gasteiger partial charge is 0.255 e. The van der Waals surface area contributed by atoms with Gasteiger partial charge < -0.3 is 19.9 Å². The van der Waals surface area contributed by atoms with Gasteiger partial charge in [0.05, 0.1) is 13.7 Å². The van der Waals surface area contributed by atoms with Gasteiger partial charge in [0, 0.05) is 29.5 Å². The van der Waals surface area contributed by atoms with Crippen LogP contribution in [0.15, 0.2) is 47.4 Å². The molecule has 0 atom stereocenters. The molecule has 0 unspecified atom stereocenters. The minimum Gasteiger partial charge on any atom is -0.496 e. The van der Waals surface area contributed by atoms with Gasteiger partial charge in [-0.15, -0.1) is 0 Å². The molecule has 0 fully saturated rings. The summed E-state index contributed by atoms with van der Waals surface area (Å²) >= 11 is 0. The zero-order chi connectivity index (χ0) is 19.8.